The molecule has 0 spiro atoms. The molecule has 1 aliphatic carbocycles. The summed E-state index contributed by atoms with van der Waals surface area (Å²) in [4.78, 5) is 21.0. The largest absolute Gasteiger partial charge is 0.340 e. The number of rotatable bonds is 6. The average molecular weight is 528 g/mol. The minimum Gasteiger partial charge on any atom is -0.340 e. The van der Waals surface area contributed by atoms with Gasteiger partial charge in [0.2, 0.25) is 0 Å². The second kappa shape index (κ2) is 9.10. The normalized spacial score (nSPS) is 14.2. The third kappa shape index (κ3) is 3.89. The summed E-state index contributed by atoms with van der Waals surface area (Å²) in [6, 6.07) is 11.0. The first-order chi connectivity index (χ1) is 18.3. The van der Waals surface area contributed by atoms with E-state index < -0.39 is 15.1 Å². The molecule has 0 unspecified atom stereocenters. The van der Waals surface area contributed by atoms with Crippen LogP contribution in [0.25, 0.3) is 44.0 Å². The maximum atomic E-state index is 14.0. The third-order valence-electron chi connectivity index (χ3n) is 7.68. The van der Waals surface area contributed by atoms with Gasteiger partial charge in [-0.3, -0.25) is 9.78 Å². The van der Waals surface area contributed by atoms with E-state index in [1.54, 1.807) is 6.20 Å². The molecule has 0 bridgehead atoms. The number of pyridine rings is 2. The summed E-state index contributed by atoms with van der Waals surface area (Å²) in [5.74, 6) is 2.66. The van der Waals surface area contributed by atoms with Gasteiger partial charge in [-0.05, 0) is 73.6 Å². The second-order valence-corrected chi connectivity index (χ2v) is 11.4. The number of terminal acetylenes is 1. The molecule has 1 N–H and O–H groups in total. The number of aryl methyl sites for hydroxylation is 1. The molecule has 192 valence electrons. The van der Waals surface area contributed by atoms with Crippen LogP contribution in [-0.4, -0.2) is 23.0 Å². The number of fused-ring (bicyclic) bond motifs is 4. The van der Waals surface area contributed by atoms with Crippen molar-refractivity contribution in [3.05, 3.63) is 70.1 Å². The van der Waals surface area contributed by atoms with E-state index in [4.69, 9.17) is 6.42 Å². The highest BCUT2D eigenvalue weighted by Gasteiger charge is 2.26. The van der Waals surface area contributed by atoms with Gasteiger partial charge in [0.15, 0.2) is 5.43 Å². The lowest BCUT2D eigenvalue weighted by Crippen LogP contribution is -2.21. The molecule has 6 nitrogen and oxygen atoms in total. The maximum Gasteiger partial charge on any atom is 0.333 e. The van der Waals surface area contributed by atoms with E-state index in [1.165, 1.54) is 6.07 Å². The number of unbranched alkanes of at least 4 members (excludes halogenated alkanes) is 1. The molecule has 3 aromatic heterocycles. The monoisotopic (exact) mass is 527 g/mol. The van der Waals surface area contributed by atoms with Crippen LogP contribution in [0.5, 0.6) is 0 Å². The summed E-state index contributed by atoms with van der Waals surface area (Å²) in [5, 5.41) is 2.09. The lowest BCUT2D eigenvalue weighted by Gasteiger charge is -2.31. The van der Waals surface area contributed by atoms with Crippen LogP contribution < -0.4 is 5.43 Å². The zero-order valence-electron chi connectivity index (χ0n) is 20.9. The molecule has 0 aliphatic heterocycles. The Kier molecular flexibility index (Phi) is 5.84. The molecule has 0 amide bonds. The molecule has 0 radical (unpaired) electrons. The van der Waals surface area contributed by atoms with Crippen molar-refractivity contribution in [1.29, 1.82) is 0 Å². The molecule has 1 saturated carbocycles. The molecule has 0 saturated heterocycles. The number of hydrogen-bond acceptors (Lipinski definition) is 4. The highest BCUT2D eigenvalue weighted by atomic mass is 32.3. The van der Waals surface area contributed by atoms with Crippen LogP contribution in [-0.2, 0) is 16.6 Å². The van der Waals surface area contributed by atoms with E-state index in [-0.39, 0.29) is 11.5 Å². The van der Waals surface area contributed by atoms with Crippen molar-refractivity contribution in [2.24, 2.45) is 0 Å². The first-order valence-corrected chi connectivity index (χ1v) is 14.2. The number of aromatic nitrogens is 3. The van der Waals surface area contributed by atoms with Gasteiger partial charge in [-0.25, -0.2) is 0 Å². The number of hydrogen-bond donors (Lipinski definition) is 1. The van der Waals surface area contributed by atoms with E-state index >= 15 is 0 Å². The molecule has 1 aliphatic rings. The number of aromatic amines is 1. The quantitative estimate of drug-likeness (QED) is 0.204. The van der Waals surface area contributed by atoms with E-state index in [9.17, 15) is 17.1 Å². The number of H-pyrrole nitrogens is 1. The SMILES string of the molecule is C#Cc1ccc2c(c1)[nH]c1c2c(=O)c2cc(CCCC)c(-c3cncc(S(=O)(=O)F)c3)cc2n1C1CCC1. The van der Waals surface area contributed by atoms with Gasteiger partial charge >= 0.3 is 10.2 Å². The Labute approximate surface area is 219 Å². The summed E-state index contributed by atoms with van der Waals surface area (Å²) in [7, 11) is -4.91. The summed E-state index contributed by atoms with van der Waals surface area (Å²) < 4.78 is 39.3. The van der Waals surface area contributed by atoms with Gasteiger partial charge in [0.25, 0.3) is 0 Å². The number of halogens is 1. The van der Waals surface area contributed by atoms with Gasteiger partial charge in [-0.15, -0.1) is 10.3 Å². The van der Waals surface area contributed by atoms with Crippen molar-refractivity contribution in [3.8, 4) is 23.5 Å². The molecule has 3 heterocycles. The Bertz CT molecular complexity index is 1960. The van der Waals surface area contributed by atoms with Crippen LogP contribution in [0.2, 0.25) is 0 Å². The zero-order valence-corrected chi connectivity index (χ0v) is 21.7. The van der Waals surface area contributed by atoms with Gasteiger partial charge in [-0.2, -0.15) is 8.42 Å². The Hall–Kier alpha value is -3.96. The molecule has 5 aromatic rings. The highest BCUT2D eigenvalue weighted by molar-refractivity contribution is 7.86. The van der Waals surface area contributed by atoms with E-state index in [0.717, 1.165) is 77.1 Å². The Morgan fingerprint density at radius 1 is 1.16 bits per heavy atom. The summed E-state index contributed by atoms with van der Waals surface area (Å²) in [6.07, 6.45) is 13.8. The Morgan fingerprint density at radius 2 is 1.97 bits per heavy atom. The molecule has 38 heavy (non-hydrogen) atoms. The summed E-state index contributed by atoms with van der Waals surface area (Å²) in [6.45, 7) is 2.09. The summed E-state index contributed by atoms with van der Waals surface area (Å²) in [5.41, 5.74) is 5.15. The van der Waals surface area contributed by atoms with Crippen molar-refractivity contribution in [3.63, 3.8) is 0 Å². The predicted octanol–water partition coefficient (Wildman–Crippen LogP) is 6.41. The first-order valence-electron chi connectivity index (χ1n) is 12.8. The van der Waals surface area contributed by atoms with Gasteiger partial charge in [0.1, 0.15) is 10.5 Å². The fourth-order valence-corrected chi connectivity index (χ4v) is 5.97. The molecule has 6 rings (SSSR count). The fraction of sp³-hybridized carbons (Fsp3) is 0.267. The lowest BCUT2D eigenvalue weighted by atomic mass is 9.90. The van der Waals surface area contributed by atoms with Crippen molar-refractivity contribution >= 4 is 43.1 Å². The lowest BCUT2D eigenvalue weighted by molar-refractivity contribution is 0.327. The van der Waals surface area contributed by atoms with Crippen molar-refractivity contribution < 1.29 is 12.3 Å². The van der Waals surface area contributed by atoms with Gasteiger partial charge in [0.05, 0.1) is 10.9 Å². The minimum absolute atomic E-state index is 0.0622. The number of nitrogens with zero attached hydrogens (tertiary/aromatic N) is 2. The molecule has 2 aromatic carbocycles. The van der Waals surface area contributed by atoms with Crippen LogP contribution in [0.3, 0.4) is 0 Å². The molecular formula is C30H26FN3O3S. The molecule has 1 fully saturated rings. The van der Waals surface area contributed by atoms with Gasteiger partial charge < -0.3 is 9.55 Å². The molecular weight excluding hydrogens is 501 g/mol. The van der Waals surface area contributed by atoms with E-state index in [1.807, 2.05) is 30.3 Å². The first kappa shape index (κ1) is 24.4. The van der Waals surface area contributed by atoms with Gasteiger partial charge in [0, 0.05) is 45.9 Å². The third-order valence-corrected chi connectivity index (χ3v) is 8.47. The predicted molar refractivity (Wildman–Crippen MR) is 149 cm³/mol. The van der Waals surface area contributed by atoms with Crippen molar-refractivity contribution in [2.45, 2.75) is 56.4 Å². The van der Waals surface area contributed by atoms with Crippen molar-refractivity contribution in [2.75, 3.05) is 0 Å². The fourth-order valence-electron chi connectivity index (χ4n) is 5.52. The molecule has 0 atom stereocenters. The van der Waals surface area contributed by atoms with E-state index in [0.29, 0.717) is 22.8 Å². The average Bonchev–Trinajstić information content (AvgIpc) is 3.26. The standard InChI is InChI=1S/C30H26FN3O3S/c1-3-5-7-19-14-25-27(15-24(19)20-13-22(17-32-16-20)38(31,36)37)34(21-8-6-9-21)30-28(29(25)35)23-11-10-18(4-2)12-26(23)33-30/h2,10-17,21,33H,3,5-9H2,1H3. The highest BCUT2D eigenvalue weighted by Crippen LogP contribution is 2.40. The molecule has 8 heteroatoms. The minimum atomic E-state index is -4.91. The maximum absolute atomic E-state index is 14.0. The second-order valence-electron chi connectivity index (χ2n) is 10.0. The van der Waals surface area contributed by atoms with Gasteiger partial charge in [-0.1, -0.05) is 25.3 Å². The Morgan fingerprint density at radius 3 is 2.66 bits per heavy atom. The zero-order chi connectivity index (χ0) is 26.6. The topological polar surface area (TPSA) is 84.8 Å². The van der Waals surface area contributed by atoms with Crippen LogP contribution in [0.4, 0.5) is 3.89 Å². The van der Waals surface area contributed by atoms with Crippen molar-refractivity contribution in [1.82, 2.24) is 14.5 Å². The number of benzene rings is 2. The number of nitrogens with one attached hydrogen (secondary N) is 1. The summed E-state index contributed by atoms with van der Waals surface area (Å²) >= 11 is 0. The van der Waals surface area contributed by atoms with Crippen LogP contribution in [0.15, 0.2) is 58.5 Å². The van der Waals surface area contributed by atoms with Crippen LogP contribution >= 0.6 is 0 Å². The smallest absolute Gasteiger partial charge is 0.333 e. The van der Waals surface area contributed by atoms with E-state index in [2.05, 4.69) is 27.4 Å². The van der Waals surface area contributed by atoms with Crippen LogP contribution in [0.1, 0.15) is 56.2 Å². The Balaban J connectivity index is 1.73. The van der Waals surface area contributed by atoms with Crippen LogP contribution in [0, 0.1) is 12.3 Å².